The molecule has 19 nitrogen and oxygen atoms in total. The number of aliphatic hydroxyl groups is 7. The third-order valence-electron chi connectivity index (χ3n) is 9.44. The summed E-state index contributed by atoms with van der Waals surface area (Å²) in [7, 11) is 2.74. The molecule has 3 aliphatic rings. The first kappa shape index (κ1) is 42.5. The fourth-order valence-corrected chi connectivity index (χ4v) is 6.18. The van der Waals surface area contributed by atoms with Crippen molar-refractivity contribution in [2.45, 2.75) is 113 Å². The minimum atomic E-state index is -1.87. The molecular weight excluding hydrogens is 736 g/mol. The molecule has 0 aromatic heterocycles. The summed E-state index contributed by atoms with van der Waals surface area (Å²) in [6.45, 7) is 2.65. The molecule has 15 atom stereocenters. The van der Waals surface area contributed by atoms with Gasteiger partial charge in [0.15, 0.2) is 48.0 Å². The van der Waals surface area contributed by atoms with E-state index >= 15 is 0 Å². The molecule has 0 bridgehead atoms. The second kappa shape index (κ2) is 18.5. The summed E-state index contributed by atoms with van der Waals surface area (Å²) >= 11 is 0. The molecule has 0 aliphatic carbocycles. The number of hydrogen-bond donors (Lipinski definition) is 9. The molecule has 15 unspecified atom stereocenters. The van der Waals surface area contributed by atoms with Gasteiger partial charge >= 0.3 is 5.97 Å². The first-order valence-electron chi connectivity index (χ1n) is 17.4. The van der Waals surface area contributed by atoms with Gasteiger partial charge < -0.3 is 88.6 Å². The van der Waals surface area contributed by atoms with E-state index < -0.39 is 98.3 Å². The molecule has 19 heteroatoms. The van der Waals surface area contributed by atoms with Gasteiger partial charge in [-0.1, -0.05) is 12.1 Å². The van der Waals surface area contributed by atoms with Gasteiger partial charge in [0.25, 0.3) is 0 Å². The highest BCUT2D eigenvalue weighted by Crippen LogP contribution is 2.35. The monoisotopic (exact) mass is 784 g/mol. The molecule has 5 rings (SSSR count). The van der Waals surface area contributed by atoms with E-state index in [0.29, 0.717) is 11.1 Å². The zero-order valence-corrected chi connectivity index (χ0v) is 30.3. The van der Waals surface area contributed by atoms with Crippen molar-refractivity contribution in [3.8, 4) is 23.0 Å². The van der Waals surface area contributed by atoms with Gasteiger partial charge in [0.05, 0.1) is 33.0 Å². The van der Waals surface area contributed by atoms with Gasteiger partial charge in [-0.25, -0.2) is 4.79 Å². The average molecular weight is 785 g/mol. The predicted octanol–water partition coefficient (Wildman–Crippen LogP) is -1.60. The highest BCUT2D eigenvalue weighted by atomic mass is 16.8. The van der Waals surface area contributed by atoms with Gasteiger partial charge in [-0.2, -0.15) is 0 Å². The fourth-order valence-electron chi connectivity index (χ4n) is 6.18. The van der Waals surface area contributed by atoms with Crippen LogP contribution in [0.2, 0.25) is 0 Å². The lowest BCUT2D eigenvalue weighted by Gasteiger charge is -2.48. The molecule has 55 heavy (non-hydrogen) atoms. The summed E-state index contributed by atoms with van der Waals surface area (Å²) in [6, 6.07) is 8.91. The van der Waals surface area contributed by atoms with Crippen molar-refractivity contribution in [3.05, 3.63) is 53.6 Å². The van der Waals surface area contributed by atoms with Crippen LogP contribution in [0.3, 0.4) is 0 Å². The Morgan fingerprint density at radius 3 is 1.87 bits per heavy atom. The molecule has 3 aliphatic heterocycles. The van der Waals surface area contributed by atoms with Crippen LogP contribution in [0.15, 0.2) is 42.5 Å². The normalized spacial score (nSPS) is 36.7. The van der Waals surface area contributed by atoms with Crippen molar-refractivity contribution in [1.82, 2.24) is 0 Å². The van der Waals surface area contributed by atoms with Gasteiger partial charge in [0.2, 0.25) is 6.29 Å². The van der Waals surface area contributed by atoms with E-state index in [-0.39, 0.29) is 36.0 Å². The topological polar surface area (TPSA) is 282 Å². The minimum absolute atomic E-state index is 0.122. The van der Waals surface area contributed by atoms with Crippen LogP contribution >= 0.6 is 0 Å². The van der Waals surface area contributed by atoms with E-state index in [4.69, 9.17) is 42.6 Å². The number of aromatic hydroxyl groups is 2. The molecule has 9 N–H and O–H groups in total. The van der Waals surface area contributed by atoms with Crippen molar-refractivity contribution >= 4 is 12.0 Å². The minimum Gasteiger partial charge on any atom is -0.504 e. The number of methoxy groups -OCH3 is 2. The Hall–Kier alpha value is -3.67. The van der Waals surface area contributed by atoms with Crippen LogP contribution in [0.25, 0.3) is 6.08 Å². The van der Waals surface area contributed by atoms with Gasteiger partial charge in [-0.15, -0.1) is 0 Å². The fraction of sp³-hybridized carbons (Fsp3) is 0.583. The summed E-state index contributed by atoms with van der Waals surface area (Å²) in [5, 5.41) is 94.9. The van der Waals surface area contributed by atoms with E-state index in [1.165, 1.54) is 58.4 Å². The van der Waals surface area contributed by atoms with Crippen molar-refractivity contribution in [1.29, 1.82) is 0 Å². The number of aliphatic hydroxyl groups excluding tert-OH is 7. The van der Waals surface area contributed by atoms with Crippen LogP contribution in [-0.2, 0) is 44.4 Å². The largest absolute Gasteiger partial charge is 0.504 e. The van der Waals surface area contributed by atoms with Crippen LogP contribution in [0.1, 0.15) is 25.0 Å². The van der Waals surface area contributed by atoms with Gasteiger partial charge in [-0.3, -0.25) is 0 Å². The van der Waals surface area contributed by atoms with Crippen LogP contribution in [-0.4, -0.2) is 165 Å². The Kier molecular flexibility index (Phi) is 14.3. The van der Waals surface area contributed by atoms with Gasteiger partial charge in [0.1, 0.15) is 48.8 Å². The lowest BCUT2D eigenvalue weighted by molar-refractivity contribution is -0.411. The third kappa shape index (κ3) is 9.84. The van der Waals surface area contributed by atoms with Crippen molar-refractivity contribution in [2.75, 3.05) is 20.8 Å². The number of rotatable bonds is 13. The zero-order chi connectivity index (χ0) is 40.1. The Morgan fingerprint density at radius 2 is 1.27 bits per heavy atom. The molecular formula is C36H48O19. The molecule has 2 aromatic carbocycles. The summed E-state index contributed by atoms with van der Waals surface area (Å²) in [5.74, 6) is -0.966. The Morgan fingerprint density at radius 1 is 0.655 bits per heavy atom. The lowest BCUT2D eigenvalue weighted by Crippen LogP contribution is -2.66. The van der Waals surface area contributed by atoms with Crippen LogP contribution in [0.4, 0.5) is 0 Å². The zero-order valence-electron chi connectivity index (χ0n) is 30.3. The number of carbonyl (C=O) groups excluding carboxylic acids is 1. The summed E-state index contributed by atoms with van der Waals surface area (Å²) in [5.41, 5.74) is 1.01. The molecule has 0 amide bonds. The number of carbonyl (C=O) groups is 1. The highest BCUT2D eigenvalue weighted by molar-refractivity contribution is 5.87. The summed E-state index contributed by atoms with van der Waals surface area (Å²) < 4.78 is 50.8. The van der Waals surface area contributed by atoms with Crippen molar-refractivity contribution < 1.29 is 93.4 Å². The van der Waals surface area contributed by atoms with E-state index in [2.05, 4.69) is 0 Å². The average Bonchev–Trinajstić information content (AvgIpc) is 3.16. The van der Waals surface area contributed by atoms with Crippen molar-refractivity contribution in [2.24, 2.45) is 0 Å². The van der Waals surface area contributed by atoms with Crippen LogP contribution in [0.5, 0.6) is 23.0 Å². The second-order valence-electron chi connectivity index (χ2n) is 13.3. The number of esters is 1. The molecule has 0 spiro atoms. The van der Waals surface area contributed by atoms with E-state index in [9.17, 15) is 50.8 Å². The molecule has 3 fully saturated rings. The first-order chi connectivity index (χ1) is 26.1. The van der Waals surface area contributed by atoms with E-state index in [0.717, 1.165) is 6.08 Å². The first-order valence-corrected chi connectivity index (χ1v) is 17.4. The molecule has 2 aromatic rings. The maximum atomic E-state index is 13.4. The molecule has 3 saturated heterocycles. The number of phenolic OH excluding ortho intramolecular Hbond substituents is 2. The maximum Gasteiger partial charge on any atom is 0.331 e. The lowest BCUT2D eigenvalue weighted by atomic mass is 9.98. The van der Waals surface area contributed by atoms with E-state index in [1.807, 2.05) is 0 Å². The number of phenols is 2. The summed E-state index contributed by atoms with van der Waals surface area (Å²) in [6.07, 6.45) is -22.3. The Balaban J connectivity index is 1.45. The molecule has 0 radical (unpaired) electrons. The van der Waals surface area contributed by atoms with E-state index in [1.54, 1.807) is 12.1 Å². The molecule has 3 heterocycles. The Bertz CT molecular complexity index is 1610. The number of hydrogen-bond acceptors (Lipinski definition) is 19. The van der Waals surface area contributed by atoms with Gasteiger partial charge in [-0.05, 0) is 61.7 Å². The third-order valence-corrected chi connectivity index (χ3v) is 9.44. The maximum absolute atomic E-state index is 13.4. The standard InChI is InChI=1S/C36H48O19/c1-15-24(40)26(42)28(44)34(50-15)53-31-30(46)33(49-12-11-18-6-9-21(47-3)20(38)13-18)54-36(55-35-29(45)27(43)25(41)16(2)51-35)32(31)52-23(39)10-7-17-5-8-19(37)22(14-17)48-4/h5-10,13-16,24-38,40-46H,11-12H2,1-4H3. The number of ether oxygens (including phenoxy) is 9. The SMILES string of the molecule is COc1ccc(CCOC2OC(OC3OC(C)C(O)C(O)C3O)C(OC(=O)C=Cc3ccc(O)c(OC)c3)C(OC3OC(C)C(O)C(O)C3O)C2O)cc1O. The summed E-state index contributed by atoms with van der Waals surface area (Å²) in [4.78, 5) is 13.4. The Labute approximate surface area is 315 Å². The van der Waals surface area contributed by atoms with Gasteiger partial charge in [0, 0.05) is 6.08 Å². The number of benzene rings is 2. The van der Waals surface area contributed by atoms with Crippen molar-refractivity contribution in [3.63, 3.8) is 0 Å². The smallest absolute Gasteiger partial charge is 0.331 e. The molecule has 0 saturated carbocycles. The molecule has 306 valence electrons. The van der Waals surface area contributed by atoms with Crippen LogP contribution in [0, 0.1) is 0 Å². The highest BCUT2D eigenvalue weighted by Gasteiger charge is 2.55. The van der Waals surface area contributed by atoms with Crippen LogP contribution < -0.4 is 9.47 Å². The second-order valence-corrected chi connectivity index (χ2v) is 13.3. The predicted molar refractivity (Wildman–Crippen MR) is 183 cm³/mol. The quantitative estimate of drug-likeness (QED) is 0.0817.